The molecule has 0 saturated carbocycles. The lowest BCUT2D eigenvalue weighted by molar-refractivity contribution is 0.0601. The van der Waals surface area contributed by atoms with Crippen molar-refractivity contribution in [2.45, 2.75) is 45.7 Å². The summed E-state index contributed by atoms with van der Waals surface area (Å²) in [6, 6.07) is 14.7. The zero-order chi connectivity index (χ0) is 20.7. The van der Waals surface area contributed by atoms with E-state index in [4.69, 9.17) is 5.26 Å². The van der Waals surface area contributed by atoms with E-state index in [9.17, 15) is 4.79 Å². The monoisotopic (exact) mass is 388 g/mol. The first-order valence-electron chi connectivity index (χ1n) is 10.3. The smallest absolute Gasteiger partial charge is 0.254 e. The molecule has 0 aromatic heterocycles. The molecule has 3 unspecified atom stereocenters. The Balaban J connectivity index is 1.51. The highest BCUT2D eigenvalue weighted by Gasteiger charge is 2.35. The Kier molecular flexibility index (Phi) is 5.16. The van der Waals surface area contributed by atoms with E-state index in [0.717, 1.165) is 24.2 Å². The molecule has 1 amide bonds. The fourth-order valence-corrected chi connectivity index (χ4v) is 4.42. The van der Waals surface area contributed by atoms with Gasteiger partial charge < -0.3 is 4.90 Å². The first-order valence-corrected chi connectivity index (χ1v) is 10.3. The van der Waals surface area contributed by atoms with Gasteiger partial charge in [-0.3, -0.25) is 10.2 Å². The Hall–Kier alpha value is -2.68. The molecule has 5 nitrogen and oxygen atoms in total. The molecule has 2 aliphatic rings. The van der Waals surface area contributed by atoms with Crippen molar-refractivity contribution in [1.82, 2.24) is 15.8 Å². The van der Waals surface area contributed by atoms with Crippen LogP contribution in [0.15, 0.2) is 36.4 Å². The van der Waals surface area contributed by atoms with Crippen molar-refractivity contribution < 1.29 is 4.79 Å². The molecular weight excluding hydrogens is 360 g/mol. The molecule has 2 heterocycles. The van der Waals surface area contributed by atoms with Gasteiger partial charge in [0.1, 0.15) is 0 Å². The number of hydrazine groups is 1. The fraction of sp³-hybridized carbons (Fsp3) is 0.417. The van der Waals surface area contributed by atoms with Crippen LogP contribution in [0.5, 0.6) is 0 Å². The van der Waals surface area contributed by atoms with Crippen LogP contribution in [-0.4, -0.2) is 29.9 Å². The number of hydrogen-bond donors (Lipinski definition) is 2. The van der Waals surface area contributed by atoms with Crippen molar-refractivity contribution in [3.8, 4) is 6.07 Å². The molecule has 2 N–H and O–H groups in total. The van der Waals surface area contributed by atoms with Crippen LogP contribution < -0.4 is 10.9 Å². The average molecular weight is 389 g/mol. The third-order valence-electron chi connectivity index (χ3n) is 6.64. The van der Waals surface area contributed by atoms with E-state index in [1.165, 1.54) is 16.7 Å². The maximum atomic E-state index is 13.2. The summed E-state index contributed by atoms with van der Waals surface area (Å²) < 4.78 is 0. The van der Waals surface area contributed by atoms with Crippen molar-refractivity contribution in [3.63, 3.8) is 0 Å². The Morgan fingerprint density at radius 2 is 1.76 bits per heavy atom. The maximum absolute atomic E-state index is 13.2. The van der Waals surface area contributed by atoms with Crippen molar-refractivity contribution in [2.24, 2.45) is 5.92 Å². The van der Waals surface area contributed by atoms with Crippen molar-refractivity contribution >= 4 is 5.91 Å². The largest absolute Gasteiger partial charge is 0.337 e. The topological polar surface area (TPSA) is 68.2 Å². The summed E-state index contributed by atoms with van der Waals surface area (Å²) in [5.41, 5.74) is 12.8. The van der Waals surface area contributed by atoms with Gasteiger partial charge in [0.15, 0.2) is 0 Å². The summed E-state index contributed by atoms with van der Waals surface area (Å²) in [5.74, 6) is 0.905. The van der Waals surface area contributed by atoms with Crippen LogP contribution in [0.1, 0.15) is 64.0 Å². The SMILES string of the molecule is Cc1cc(C)c(C2NNC(C)C2C)cc1C(=O)N1CC(c2ccc(C#N)cc2)C1. The molecule has 0 aliphatic carbocycles. The van der Waals surface area contributed by atoms with Crippen LogP contribution in [0.4, 0.5) is 0 Å². The van der Waals surface area contributed by atoms with E-state index >= 15 is 0 Å². The minimum Gasteiger partial charge on any atom is -0.337 e. The van der Waals surface area contributed by atoms with Crippen LogP contribution in [0.25, 0.3) is 0 Å². The van der Waals surface area contributed by atoms with Crippen LogP contribution in [0, 0.1) is 31.1 Å². The number of benzene rings is 2. The van der Waals surface area contributed by atoms with Gasteiger partial charge in [0.25, 0.3) is 5.91 Å². The molecule has 2 saturated heterocycles. The maximum Gasteiger partial charge on any atom is 0.254 e. The number of nitrogens with one attached hydrogen (secondary N) is 2. The first-order chi connectivity index (χ1) is 13.9. The summed E-state index contributed by atoms with van der Waals surface area (Å²) >= 11 is 0. The molecule has 5 heteroatoms. The van der Waals surface area contributed by atoms with E-state index < -0.39 is 0 Å². The van der Waals surface area contributed by atoms with Gasteiger partial charge in [-0.25, -0.2) is 5.43 Å². The zero-order valence-corrected chi connectivity index (χ0v) is 17.5. The number of aryl methyl sites for hydroxylation is 2. The molecule has 150 valence electrons. The summed E-state index contributed by atoms with van der Waals surface area (Å²) in [7, 11) is 0. The summed E-state index contributed by atoms with van der Waals surface area (Å²) in [4.78, 5) is 15.1. The van der Waals surface area contributed by atoms with Crippen LogP contribution in [0.2, 0.25) is 0 Å². The number of carbonyl (C=O) groups excluding carboxylic acids is 1. The van der Waals surface area contributed by atoms with Crippen molar-refractivity contribution in [1.29, 1.82) is 5.26 Å². The quantitative estimate of drug-likeness (QED) is 0.843. The van der Waals surface area contributed by atoms with Gasteiger partial charge in [0.05, 0.1) is 17.7 Å². The van der Waals surface area contributed by atoms with E-state index in [1.54, 1.807) is 0 Å². The van der Waals surface area contributed by atoms with Gasteiger partial charge in [0, 0.05) is 30.6 Å². The number of nitrogens with zero attached hydrogens (tertiary/aromatic N) is 2. The van der Waals surface area contributed by atoms with Gasteiger partial charge in [-0.15, -0.1) is 0 Å². The Labute approximate surface area is 172 Å². The van der Waals surface area contributed by atoms with Crippen LogP contribution >= 0.6 is 0 Å². The standard InChI is InChI=1S/C24H28N4O/c1-14-9-15(2)22(10-21(14)23-16(3)17(4)26-27-23)24(29)28-12-20(13-28)19-7-5-18(11-25)6-8-19/h5-10,16-17,20,23,26-27H,12-13H2,1-4H3. The third-order valence-corrected chi connectivity index (χ3v) is 6.64. The number of rotatable bonds is 3. The first kappa shape index (κ1) is 19.6. The summed E-state index contributed by atoms with van der Waals surface area (Å²) in [6.45, 7) is 10.0. The van der Waals surface area contributed by atoms with E-state index in [0.29, 0.717) is 23.4 Å². The number of hydrogen-bond acceptors (Lipinski definition) is 4. The second-order valence-corrected chi connectivity index (χ2v) is 8.58. The van der Waals surface area contributed by atoms with Gasteiger partial charge in [-0.05, 0) is 67.1 Å². The van der Waals surface area contributed by atoms with Gasteiger partial charge >= 0.3 is 0 Å². The second-order valence-electron chi connectivity index (χ2n) is 8.58. The average Bonchev–Trinajstić information content (AvgIpc) is 3.00. The van der Waals surface area contributed by atoms with E-state index in [-0.39, 0.29) is 11.9 Å². The number of likely N-dealkylation sites (tertiary alicyclic amines) is 1. The molecule has 2 aromatic rings. The molecular formula is C24H28N4O. The Morgan fingerprint density at radius 1 is 1.07 bits per heavy atom. The van der Waals surface area contributed by atoms with Crippen LogP contribution in [0.3, 0.4) is 0 Å². The molecule has 0 radical (unpaired) electrons. The minimum absolute atomic E-state index is 0.111. The molecule has 0 bridgehead atoms. The lowest BCUT2D eigenvalue weighted by Crippen LogP contribution is -2.48. The van der Waals surface area contributed by atoms with Gasteiger partial charge in [-0.2, -0.15) is 5.26 Å². The van der Waals surface area contributed by atoms with Crippen molar-refractivity contribution in [3.05, 3.63) is 69.8 Å². The molecule has 0 spiro atoms. The van der Waals surface area contributed by atoms with E-state index in [1.807, 2.05) is 36.1 Å². The lowest BCUT2D eigenvalue weighted by Gasteiger charge is -2.40. The number of nitriles is 1. The summed E-state index contributed by atoms with van der Waals surface area (Å²) in [6.07, 6.45) is 0. The fourth-order valence-electron chi connectivity index (χ4n) is 4.42. The summed E-state index contributed by atoms with van der Waals surface area (Å²) in [5, 5.41) is 8.95. The van der Waals surface area contributed by atoms with Gasteiger partial charge in [0.2, 0.25) is 0 Å². The predicted molar refractivity (Wildman–Crippen MR) is 113 cm³/mol. The molecule has 2 fully saturated rings. The van der Waals surface area contributed by atoms with E-state index in [2.05, 4.69) is 49.8 Å². The Morgan fingerprint density at radius 3 is 2.34 bits per heavy atom. The highest BCUT2D eigenvalue weighted by molar-refractivity contribution is 5.96. The highest BCUT2D eigenvalue weighted by atomic mass is 16.2. The normalized spacial score (nSPS) is 24.2. The Bertz CT molecular complexity index is 970. The number of amides is 1. The zero-order valence-electron chi connectivity index (χ0n) is 17.5. The number of carbonyl (C=O) groups is 1. The van der Waals surface area contributed by atoms with Crippen molar-refractivity contribution in [2.75, 3.05) is 13.1 Å². The molecule has 4 rings (SSSR count). The lowest BCUT2D eigenvalue weighted by atomic mass is 9.86. The molecule has 2 aliphatic heterocycles. The van der Waals surface area contributed by atoms with Gasteiger partial charge in [-0.1, -0.05) is 25.1 Å². The second kappa shape index (κ2) is 7.62. The predicted octanol–water partition coefficient (Wildman–Crippen LogP) is 3.59. The van der Waals surface area contributed by atoms with Crippen LogP contribution in [-0.2, 0) is 0 Å². The minimum atomic E-state index is 0.111. The molecule has 29 heavy (non-hydrogen) atoms. The highest BCUT2D eigenvalue weighted by Crippen LogP contribution is 2.34. The molecule has 3 atom stereocenters. The third kappa shape index (κ3) is 3.55. The molecule has 2 aromatic carbocycles.